The van der Waals surface area contributed by atoms with Gasteiger partial charge in [0.05, 0.1) is 24.5 Å². The Morgan fingerprint density at radius 2 is 2.00 bits per heavy atom. The van der Waals surface area contributed by atoms with Gasteiger partial charge in [0.1, 0.15) is 11.4 Å². The third-order valence-electron chi connectivity index (χ3n) is 4.47. The fourth-order valence-electron chi connectivity index (χ4n) is 3.09. The van der Waals surface area contributed by atoms with Crippen molar-refractivity contribution in [2.45, 2.75) is 33.4 Å². The van der Waals surface area contributed by atoms with E-state index in [0.717, 1.165) is 10.9 Å². The third kappa shape index (κ3) is 2.90. The van der Waals surface area contributed by atoms with Gasteiger partial charge < -0.3 is 15.6 Å². The number of anilines is 1. The van der Waals surface area contributed by atoms with Crippen LogP contribution in [0.4, 0.5) is 5.95 Å². The molecule has 3 N–H and O–H groups in total. The van der Waals surface area contributed by atoms with E-state index in [4.69, 9.17) is 10.5 Å². The summed E-state index contributed by atoms with van der Waals surface area (Å²) in [5.74, 6) is 0.666. The molecule has 0 radical (unpaired) electrons. The minimum absolute atomic E-state index is 0.142. The van der Waals surface area contributed by atoms with Crippen LogP contribution in [0.25, 0.3) is 22.2 Å². The summed E-state index contributed by atoms with van der Waals surface area (Å²) in [6.07, 6.45) is -0.625. The Balaban J connectivity index is 2.36. The zero-order valence-corrected chi connectivity index (χ0v) is 15.3. The van der Waals surface area contributed by atoms with Gasteiger partial charge in [0.2, 0.25) is 5.95 Å². The van der Waals surface area contributed by atoms with Crippen LogP contribution in [0.5, 0.6) is 5.75 Å². The van der Waals surface area contributed by atoms with Gasteiger partial charge in [0, 0.05) is 17.5 Å². The number of nitrogen functional groups attached to an aromatic ring is 1. The molecule has 0 aliphatic carbocycles. The van der Waals surface area contributed by atoms with E-state index in [1.807, 2.05) is 13.8 Å². The van der Waals surface area contributed by atoms with Crippen molar-refractivity contribution in [2.24, 2.45) is 0 Å². The van der Waals surface area contributed by atoms with Crippen molar-refractivity contribution in [1.82, 2.24) is 14.5 Å². The molecule has 7 heteroatoms. The number of hydrogen-bond donors (Lipinski definition) is 2. The van der Waals surface area contributed by atoms with E-state index < -0.39 is 6.10 Å². The van der Waals surface area contributed by atoms with Gasteiger partial charge in [-0.15, -0.1) is 0 Å². The maximum absolute atomic E-state index is 13.1. The minimum Gasteiger partial charge on any atom is -0.496 e. The van der Waals surface area contributed by atoms with Crippen LogP contribution in [-0.4, -0.2) is 26.8 Å². The van der Waals surface area contributed by atoms with Crippen LogP contribution in [0.2, 0.25) is 0 Å². The van der Waals surface area contributed by atoms with E-state index in [1.165, 1.54) is 0 Å². The van der Waals surface area contributed by atoms with Crippen molar-refractivity contribution in [3.63, 3.8) is 0 Å². The third-order valence-corrected chi connectivity index (χ3v) is 4.47. The monoisotopic (exact) mass is 354 g/mol. The van der Waals surface area contributed by atoms with Gasteiger partial charge >= 0.3 is 0 Å². The van der Waals surface area contributed by atoms with Crippen molar-refractivity contribution in [3.8, 4) is 16.9 Å². The first-order valence-corrected chi connectivity index (χ1v) is 8.41. The molecule has 3 aromatic rings. The quantitative estimate of drug-likeness (QED) is 0.746. The summed E-state index contributed by atoms with van der Waals surface area (Å²) in [5.41, 5.74) is 8.66. The van der Waals surface area contributed by atoms with Crippen LogP contribution >= 0.6 is 0 Å². The van der Waals surface area contributed by atoms with Crippen molar-refractivity contribution in [3.05, 3.63) is 45.9 Å². The largest absolute Gasteiger partial charge is 0.496 e. The van der Waals surface area contributed by atoms with Gasteiger partial charge in [-0.2, -0.15) is 4.98 Å². The minimum atomic E-state index is -0.625. The molecule has 0 aliphatic rings. The highest BCUT2D eigenvalue weighted by Gasteiger charge is 2.17. The number of methoxy groups -OCH3 is 1. The molecular formula is C19H22N4O3. The standard InChI is InChI=1S/C19H22N4O3/c1-5-23-17-14(10(2)21-19(20)22-17)9-15(18(23)25)13-7-6-12(11(3)24)8-16(13)26-4/h6-9,11,24H,5H2,1-4H3,(H2,20,21,22). The lowest BCUT2D eigenvalue weighted by Crippen LogP contribution is -2.23. The number of nitrogens with zero attached hydrogens (tertiary/aromatic N) is 3. The molecule has 0 amide bonds. The summed E-state index contributed by atoms with van der Waals surface area (Å²) < 4.78 is 7.05. The zero-order chi connectivity index (χ0) is 19.0. The van der Waals surface area contributed by atoms with Crippen LogP contribution in [-0.2, 0) is 6.54 Å². The Morgan fingerprint density at radius 1 is 1.27 bits per heavy atom. The number of aryl methyl sites for hydroxylation is 2. The second-order valence-electron chi connectivity index (χ2n) is 6.15. The highest BCUT2D eigenvalue weighted by molar-refractivity contribution is 5.85. The number of aromatic nitrogens is 3. The van der Waals surface area contributed by atoms with Crippen LogP contribution < -0.4 is 16.0 Å². The first-order chi connectivity index (χ1) is 12.4. The smallest absolute Gasteiger partial charge is 0.260 e. The molecule has 2 heterocycles. The van der Waals surface area contributed by atoms with E-state index in [2.05, 4.69) is 9.97 Å². The number of benzene rings is 1. The summed E-state index contributed by atoms with van der Waals surface area (Å²) in [6.45, 7) is 5.85. The predicted octanol–water partition coefficient (Wildman–Crippen LogP) is 2.43. The van der Waals surface area contributed by atoms with Crippen molar-refractivity contribution >= 4 is 17.0 Å². The molecule has 2 aromatic heterocycles. The average Bonchev–Trinajstić information content (AvgIpc) is 2.60. The molecule has 1 unspecified atom stereocenters. The van der Waals surface area contributed by atoms with Gasteiger partial charge in [0.15, 0.2) is 0 Å². The Hall–Kier alpha value is -2.93. The van der Waals surface area contributed by atoms with Gasteiger partial charge in [0.25, 0.3) is 5.56 Å². The first-order valence-electron chi connectivity index (χ1n) is 8.41. The maximum Gasteiger partial charge on any atom is 0.260 e. The first kappa shape index (κ1) is 17.9. The zero-order valence-electron chi connectivity index (χ0n) is 15.3. The fraction of sp³-hybridized carbons (Fsp3) is 0.316. The molecule has 26 heavy (non-hydrogen) atoms. The maximum atomic E-state index is 13.1. The SMILES string of the molecule is CCn1c(=O)c(-c2ccc(C(C)O)cc2OC)cc2c(C)nc(N)nc21. The molecule has 0 saturated heterocycles. The summed E-state index contributed by atoms with van der Waals surface area (Å²) >= 11 is 0. The molecule has 0 fully saturated rings. The Labute approximate surface area is 151 Å². The summed E-state index contributed by atoms with van der Waals surface area (Å²) in [7, 11) is 1.54. The van der Waals surface area contributed by atoms with Crippen molar-refractivity contribution in [1.29, 1.82) is 0 Å². The highest BCUT2D eigenvalue weighted by Crippen LogP contribution is 2.32. The lowest BCUT2D eigenvalue weighted by Gasteiger charge is -2.15. The molecule has 0 spiro atoms. The van der Waals surface area contributed by atoms with Gasteiger partial charge in [-0.3, -0.25) is 9.36 Å². The van der Waals surface area contributed by atoms with Crippen LogP contribution in [0, 0.1) is 6.92 Å². The molecule has 0 aliphatic heterocycles. The number of pyridine rings is 1. The Morgan fingerprint density at radius 3 is 2.62 bits per heavy atom. The van der Waals surface area contributed by atoms with Gasteiger partial charge in [-0.05, 0) is 38.5 Å². The number of hydrogen-bond acceptors (Lipinski definition) is 6. The number of aliphatic hydroxyl groups excluding tert-OH is 1. The van der Waals surface area contributed by atoms with Gasteiger partial charge in [-0.25, -0.2) is 4.98 Å². The average molecular weight is 354 g/mol. The van der Waals surface area contributed by atoms with E-state index in [1.54, 1.807) is 42.9 Å². The van der Waals surface area contributed by atoms with E-state index in [9.17, 15) is 9.90 Å². The molecule has 0 saturated carbocycles. The molecule has 7 nitrogen and oxygen atoms in total. The topological polar surface area (TPSA) is 103 Å². The summed E-state index contributed by atoms with van der Waals surface area (Å²) in [5, 5.41) is 10.6. The number of aliphatic hydroxyl groups is 1. The second-order valence-corrected chi connectivity index (χ2v) is 6.15. The molecule has 1 aromatic carbocycles. The van der Waals surface area contributed by atoms with E-state index >= 15 is 0 Å². The lowest BCUT2D eigenvalue weighted by atomic mass is 10.0. The van der Waals surface area contributed by atoms with Crippen LogP contribution in [0.1, 0.15) is 31.2 Å². The normalized spacial score (nSPS) is 12.3. The Kier molecular flexibility index (Phi) is 4.65. The van der Waals surface area contributed by atoms with E-state index in [0.29, 0.717) is 34.8 Å². The Bertz CT molecular complexity index is 1040. The molecule has 136 valence electrons. The second kappa shape index (κ2) is 6.76. The lowest BCUT2D eigenvalue weighted by molar-refractivity contribution is 0.199. The number of ether oxygens (including phenoxy) is 1. The number of rotatable bonds is 4. The highest BCUT2D eigenvalue weighted by atomic mass is 16.5. The number of nitrogens with two attached hydrogens (primary N) is 1. The van der Waals surface area contributed by atoms with E-state index in [-0.39, 0.29) is 11.5 Å². The van der Waals surface area contributed by atoms with Crippen molar-refractivity contribution in [2.75, 3.05) is 12.8 Å². The summed E-state index contributed by atoms with van der Waals surface area (Å²) in [4.78, 5) is 21.5. The fourth-order valence-corrected chi connectivity index (χ4v) is 3.09. The molecule has 3 rings (SSSR count). The van der Waals surface area contributed by atoms with Crippen LogP contribution in [0.15, 0.2) is 29.1 Å². The molecular weight excluding hydrogens is 332 g/mol. The predicted molar refractivity (Wildman–Crippen MR) is 101 cm³/mol. The summed E-state index contributed by atoms with van der Waals surface area (Å²) in [6, 6.07) is 7.09. The van der Waals surface area contributed by atoms with Gasteiger partial charge in [-0.1, -0.05) is 12.1 Å². The molecule has 1 atom stereocenters. The van der Waals surface area contributed by atoms with Crippen LogP contribution in [0.3, 0.4) is 0 Å². The number of fused-ring (bicyclic) bond motifs is 1. The molecule has 0 bridgehead atoms. The van der Waals surface area contributed by atoms with Crippen molar-refractivity contribution < 1.29 is 9.84 Å².